The van der Waals surface area contributed by atoms with Gasteiger partial charge in [-0.2, -0.15) is 5.10 Å². The van der Waals surface area contributed by atoms with E-state index in [1.165, 1.54) is 14.0 Å². The fraction of sp³-hybridized carbons (Fsp3) is 0.167. The summed E-state index contributed by atoms with van der Waals surface area (Å²) < 4.78 is 45.7. The van der Waals surface area contributed by atoms with E-state index in [9.17, 15) is 18.0 Å². The van der Waals surface area contributed by atoms with Gasteiger partial charge in [-0.3, -0.25) is 0 Å². The molecular weight excluding hydrogens is 341 g/mol. The number of hydrogen-bond donors (Lipinski definition) is 0. The maximum atomic E-state index is 13.7. The second-order valence-corrected chi connectivity index (χ2v) is 4.66. The van der Waals surface area contributed by atoms with Crippen LogP contribution in [0.5, 0.6) is 0 Å². The van der Waals surface area contributed by atoms with Gasteiger partial charge < -0.3 is 4.74 Å². The van der Waals surface area contributed by atoms with Crippen LogP contribution in [0.3, 0.4) is 0 Å². The Morgan fingerprint density at radius 3 is 2.45 bits per heavy atom. The van der Waals surface area contributed by atoms with Crippen LogP contribution >= 0.6 is 15.9 Å². The third kappa shape index (κ3) is 2.31. The first-order valence-electron chi connectivity index (χ1n) is 5.35. The minimum atomic E-state index is -1.30. The molecule has 0 saturated carbocycles. The van der Waals surface area contributed by atoms with E-state index in [1.54, 1.807) is 0 Å². The molecule has 1 aromatic heterocycles. The summed E-state index contributed by atoms with van der Waals surface area (Å²) in [5.41, 5.74) is -0.0540. The smallest absolute Gasteiger partial charge is 0.359 e. The number of carbonyl (C=O) groups is 1. The summed E-state index contributed by atoms with van der Waals surface area (Å²) in [6.07, 6.45) is 0. The van der Waals surface area contributed by atoms with Crippen molar-refractivity contribution >= 4 is 21.9 Å². The number of aromatic nitrogens is 2. The molecule has 0 fully saturated rings. The van der Waals surface area contributed by atoms with Gasteiger partial charge in [-0.1, -0.05) is 0 Å². The third-order valence-electron chi connectivity index (χ3n) is 2.64. The lowest BCUT2D eigenvalue weighted by molar-refractivity contribution is 0.0592. The van der Waals surface area contributed by atoms with Crippen molar-refractivity contribution in [2.75, 3.05) is 7.11 Å². The van der Waals surface area contributed by atoms with E-state index >= 15 is 0 Å². The predicted octanol–water partition coefficient (Wildman–Crippen LogP) is 3.15. The monoisotopic (exact) mass is 348 g/mol. The highest BCUT2D eigenvalue weighted by molar-refractivity contribution is 9.10. The molecule has 0 N–H and O–H groups in total. The van der Waals surface area contributed by atoms with Gasteiger partial charge in [0.25, 0.3) is 0 Å². The molecule has 0 aliphatic heterocycles. The van der Waals surface area contributed by atoms with E-state index in [0.29, 0.717) is 17.8 Å². The molecule has 0 aliphatic rings. The average Bonchev–Trinajstić information content (AvgIpc) is 2.70. The summed E-state index contributed by atoms with van der Waals surface area (Å²) in [6.45, 7) is 1.53. The van der Waals surface area contributed by atoms with Crippen molar-refractivity contribution in [1.82, 2.24) is 9.78 Å². The Balaban J connectivity index is 2.65. The largest absolute Gasteiger partial charge is 0.464 e. The fourth-order valence-electron chi connectivity index (χ4n) is 1.62. The minimum Gasteiger partial charge on any atom is -0.464 e. The van der Waals surface area contributed by atoms with Crippen LogP contribution in [-0.4, -0.2) is 22.9 Å². The van der Waals surface area contributed by atoms with Crippen LogP contribution < -0.4 is 0 Å². The van der Waals surface area contributed by atoms with Crippen LogP contribution in [0, 0.1) is 24.4 Å². The van der Waals surface area contributed by atoms with E-state index in [0.717, 1.165) is 4.68 Å². The molecule has 8 heteroatoms. The van der Waals surface area contributed by atoms with Gasteiger partial charge in [-0.15, -0.1) is 0 Å². The molecule has 20 heavy (non-hydrogen) atoms. The van der Waals surface area contributed by atoms with Crippen molar-refractivity contribution in [2.45, 2.75) is 6.92 Å². The third-order valence-corrected chi connectivity index (χ3v) is 3.59. The summed E-state index contributed by atoms with van der Waals surface area (Å²) in [4.78, 5) is 11.5. The maximum absolute atomic E-state index is 13.7. The number of halogens is 4. The fourth-order valence-corrected chi connectivity index (χ4v) is 2.03. The standard InChI is InChI=1S/C12H8BrF3N2O2/c1-5-10(13)11(12(19)20-2)17-18(5)9-4-7(15)6(14)3-8(9)16/h3-4H,1-2H3. The van der Waals surface area contributed by atoms with Crippen LogP contribution in [-0.2, 0) is 4.74 Å². The molecule has 0 unspecified atom stereocenters. The number of hydrogen-bond acceptors (Lipinski definition) is 3. The Bertz CT molecular complexity index is 700. The number of rotatable bonds is 2. The van der Waals surface area contributed by atoms with Gasteiger partial charge >= 0.3 is 5.97 Å². The molecule has 1 heterocycles. The number of ether oxygens (including phenoxy) is 1. The van der Waals surface area contributed by atoms with Gasteiger partial charge in [-0.05, 0) is 22.9 Å². The lowest BCUT2D eigenvalue weighted by Gasteiger charge is -2.06. The number of carbonyl (C=O) groups excluding carboxylic acids is 1. The van der Waals surface area contributed by atoms with Gasteiger partial charge in [0.15, 0.2) is 23.1 Å². The first kappa shape index (κ1) is 14.6. The van der Waals surface area contributed by atoms with Crippen molar-refractivity contribution in [3.63, 3.8) is 0 Å². The van der Waals surface area contributed by atoms with Gasteiger partial charge in [0.1, 0.15) is 5.69 Å². The molecule has 2 aromatic rings. The molecule has 0 saturated heterocycles. The molecule has 106 valence electrons. The average molecular weight is 349 g/mol. The zero-order valence-electron chi connectivity index (χ0n) is 10.4. The highest BCUT2D eigenvalue weighted by atomic mass is 79.9. The molecular formula is C12H8BrF3N2O2. The number of methoxy groups -OCH3 is 1. The highest BCUT2D eigenvalue weighted by Gasteiger charge is 2.22. The van der Waals surface area contributed by atoms with Crippen molar-refractivity contribution in [1.29, 1.82) is 0 Å². The van der Waals surface area contributed by atoms with E-state index in [2.05, 4.69) is 25.8 Å². The van der Waals surface area contributed by atoms with E-state index in [-0.39, 0.29) is 15.9 Å². The second kappa shape index (κ2) is 5.28. The van der Waals surface area contributed by atoms with Gasteiger partial charge in [-0.25, -0.2) is 22.6 Å². The van der Waals surface area contributed by atoms with Crippen molar-refractivity contribution in [3.05, 3.63) is 45.4 Å². The van der Waals surface area contributed by atoms with Crippen LogP contribution in [0.1, 0.15) is 16.2 Å². The number of nitrogens with zero attached hydrogens (tertiary/aromatic N) is 2. The first-order chi connectivity index (χ1) is 9.36. The summed E-state index contributed by atoms with van der Waals surface area (Å²) in [6, 6.07) is 1.08. The Morgan fingerprint density at radius 2 is 1.85 bits per heavy atom. The van der Waals surface area contributed by atoms with E-state index < -0.39 is 23.4 Å². The van der Waals surface area contributed by atoms with Crippen LogP contribution in [0.2, 0.25) is 0 Å². The molecule has 1 aromatic carbocycles. The Labute approximate surface area is 120 Å². The Morgan fingerprint density at radius 1 is 1.25 bits per heavy atom. The zero-order chi connectivity index (χ0) is 15.0. The summed E-state index contributed by atoms with van der Waals surface area (Å²) in [7, 11) is 1.17. The topological polar surface area (TPSA) is 44.1 Å². The van der Waals surface area contributed by atoms with Crippen molar-refractivity contribution in [2.24, 2.45) is 0 Å². The molecule has 4 nitrogen and oxygen atoms in total. The lowest BCUT2D eigenvalue weighted by atomic mass is 10.2. The number of benzene rings is 1. The van der Waals surface area contributed by atoms with E-state index in [1.807, 2.05) is 0 Å². The zero-order valence-corrected chi connectivity index (χ0v) is 12.0. The molecule has 0 aliphatic carbocycles. The van der Waals surface area contributed by atoms with Crippen molar-refractivity contribution < 1.29 is 22.7 Å². The van der Waals surface area contributed by atoms with Gasteiger partial charge in [0.2, 0.25) is 0 Å². The molecule has 0 bridgehead atoms. The molecule has 0 radical (unpaired) electrons. The molecule has 0 atom stereocenters. The Hall–Kier alpha value is -1.83. The maximum Gasteiger partial charge on any atom is 0.359 e. The van der Waals surface area contributed by atoms with Gasteiger partial charge in [0, 0.05) is 12.1 Å². The highest BCUT2D eigenvalue weighted by Crippen LogP contribution is 2.26. The summed E-state index contributed by atoms with van der Waals surface area (Å²) in [5, 5.41) is 3.85. The van der Waals surface area contributed by atoms with Crippen LogP contribution in [0.25, 0.3) is 5.69 Å². The molecule has 0 amide bonds. The quantitative estimate of drug-likeness (QED) is 0.618. The SMILES string of the molecule is COC(=O)c1nn(-c2cc(F)c(F)cc2F)c(C)c1Br. The normalized spacial score (nSPS) is 10.7. The summed E-state index contributed by atoms with van der Waals surface area (Å²) in [5.74, 6) is -4.25. The van der Waals surface area contributed by atoms with E-state index in [4.69, 9.17) is 0 Å². The van der Waals surface area contributed by atoms with Gasteiger partial charge in [0.05, 0.1) is 17.3 Å². The van der Waals surface area contributed by atoms with Crippen LogP contribution in [0.15, 0.2) is 16.6 Å². The Kier molecular flexibility index (Phi) is 3.85. The van der Waals surface area contributed by atoms with Crippen molar-refractivity contribution in [3.8, 4) is 5.69 Å². The minimum absolute atomic E-state index is 0.0888. The lowest BCUT2D eigenvalue weighted by Crippen LogP contribution is -2.07. The predicted molar refractivity (Wildman–Crippen MR) is 67.2 cm³/mol. The second-order valence-electron chi connectivity index (χ2n) is 3.87. The summed E-state index contributed by atoms with van der Waals surface area (Å²) >= 11 is 3.12. The number of esters is 1. The molecule has 2 rings (SSSR count). The molecule has 0 spiro atoms. The van der Waals surface area contributed by atoms with Crippen LogP contribution in [0.4, 0.5) is 13.2 Å². The first-order valence-corrected chi connectivity index (χ1v) is 6.14.